The molecule has 1 amide bonds. The fourth-order valence-corrected chi connectivity index (χ4v) is 2.48. The normalized spacial score (nSPS) is 12.1. The lowest BCUT2D eigenvalue weighted by atomic mass is 10.1. The van der Waals surface area contributed by atoms with Gasteiger partial charge in [-0.15, -0.1) is 11.3 Å². The molecule has 1 heterocycles. The number of rotatable bonds is 4. The molecule has 19 heavy (non-hydrogen) atoms. The summed E-state index contributed by atoms with van der Waals surface area (Å²) in [6.07, 6.45) is 0.235. The van der Waals surface area contributed by atoms with E-state index < -0.39 is 0 Å². The lowest BCUT2D eigenvalue weighted by Crippen LogP contribution is -2.28. The summed E-state index contributed by atoms with van der Waals surface area (Å²) in [5.74, 6) is -0.0854. The van der Waals surface area contributed by atoms with Crippen molar-refractivity contribution in [1.29, 1.82) is 0 Å². The first kappa shape index (κ1) is 13.8. The summed E-state index contributed by atoms with van der Waals surface area (Å²) in [7, 11) is 0. The van der Waals surface area contributed by atoms with Crippen molar-refractivity contribution in [1.82, 2.24) is 10.3 Å². The average molecular weight is 296 g/mol. The maximum atomic E-state index is 11.9. The lowest BCUT2D eigenvalue weighted by Gasteiger charge is -2.14. The number of nitrogens with two attached hydrogens (primary N) is 1. The SMILES string of the molecule is C[C@H](NC(=O)Cc1csc(N)n1)c1cccc(Cl)c1. The Morgan fingerprint density at radius 3 is 3.00 bits per heavy atom. The second-order valence-electron chi connectivity index (χ2n) is 4.20. The van der Waals surface area contributed by atoms with E-state index in [0.29, 0.717) is 15.8 Å². The van der Waals surface area contributed by atoms with Gasteiger partial charge in [-0.05, 0) is 24.6 Å². The highest BCUT2D eigenvalue weighted by Gasteiger charge is 2.11. The Balaban J connectivity index is 1.95. The van der Waals surface area contributed by atoms with Gasteiger partial charge in [-0.25, -0.2) is 4.98 Å². The molecule has 6 heteroatoms. The van der Waals surface area contributed by atoms with Gasteiger partial charge in [-0.3, -0.25) is 4.79 Å². The molecule has 0 aliphatic heterocycles. The maximum absolute atomic E-state index is 11.9. The molecule has 2 rings (SSSR count). The van der Waals surface area contributed by atoms with E-state index in [1.54, 1.807) is 11.4 Å². The monoisotopic (exact) mass is 295 g/mol. The highest BCUT2D eigenvalue weighted by molar-refractivity contribution is 7.13. The van der Waals surface area contributed by atoms with E-state index in [0.717, 1.165) is 5.56 Å². The van der Waals surface area contributed by atoms with Crippen LogP contribution in [-0.2, 0) is 11.2 Å². The van der Waals surface area contributed by atoms with Gasteiger partial charge in [0, 0.05) is 10.4 Å². The molecule has 0 spiro atoms. The number of aromatic nitrogens is 1. The average Bonchev–Trinajstić information content (AvgIpc) is 2.74. The third-order valence-electron chi connectivity index (χ3n) is 2.64. The number of nitrogens with zero attached hydrogens (tertiary/aromatic N) is 1. The van der Waals surface area contributed by atoms with Crippen LogP contribution >= 0.6 is 22.9 Å². The molecule has 0 saturated carbocycles. The minimum atomic E-state index is -0.0952. The van der Waals surface area contributed by atoms with Crippen molar-refractivity contribution < 1.29 is 4.79 Å². The van der Waals surface area contributed by atoms with Crippen molar-refractivity contribution in [3.63, 3.8) is 0 Å². The molecule has 2 aromatic rings. The van der Waals surface area contributed by atoms with Gasteiger partial charge in [0.15, 0.2) is 5.13 Å². The number of carbonyl (C=O) groups is 1. The van der Waals surface area contributed by atoms with Crippen molar-refractivity contribution >= 4 is 34.0 Å². The molecule has 4 nitrogen and oxygen atoms in total. The molecule has 1 aromatic carbocycles. The number of anilines is 1. The largest absolute Gasteiger partial charge is 0.375 e. The molecule has 0 fully saturated rings. The summed E-state index contributed by atoms with van der Waals surface area (Å²) in [5, 5.41) is 5.83. The number of hydrogen-bond donors (Lipinski definition) is 2. The quantitative estimate of drug-likeness (QED) is 0.911. The van der Waals surface area contributed by atoms with E-state index in [2.05, 4.69) is 10.3 Å². The number of nitrogens with one attached hydrogen (secondary N) is 1. The lowest BCUT2D eigenvalue weighted by molar-refractivity contribution is -0.121. The van der Waals surface area contributed by atoms with E-state index in [1.165, 1.54) is 11.3 Å². The van der Waals surface area contributed by atoms with E-state index in [9.17, 15) is 4.79 Å². The van der Waals surface area contributed by atoms with Crippen LogP contribution in [0, 0.1) is 0 Å². The van der Waals surface area contributed by atoms with Crippen LogP contribution in [0.3, 0.4) is 0 Å². The van der Waals surface area contributed by atoms with Crippen LogP contribution in [0.4, 0.5) is 5.13 Å². The first-order valence-electron chi connectivity index (χ1n) is 5.79. The molecule has 0 aliphatic rings. The van der Waals surface area contributed by atoms with Crippen molar-refractivity contribution in [2.24, 2.45) is 0 Å². The summed E-state index contributed by atoms with van der Waals surface area (Å²) in [4.78, 5) is 15.9. The summed E-state index contributed by atoms with van der Waals surface area (Å²) in [6, 6.07) is 7.34. The van der Waals surface area contributed by atoms with Gasteiger partial charge in [0.1, 0.15) is 0 Å². The molecule has 3 N–H and O–H groups in total. The first-order chi connectivity index (χ1) is 9.04. The third kappa shape index (κ3) is 3.94. The zero-order valence-electron chi connectivity index (χ0n) is 10.4. The zero-order valence-corrected chi connectivity index (χ0v) is 12.0. The number of thiazole rings is 1. The number of nitrogen functional groups attached to an aromatic ring is 1. The minimum Gasteiger partial charge on any atom is -0.375 e. The van der Waals surface area contributed by atoms with Gasteiger partial charge in [-0.2, -0.15) is 0 Å². The van der Waals surface area contributed by atoms with Crippen LogP contribution in [0.2, 0.25) is 5.02 Å². The maximum Gasteiger partial charge on any atom is 0.226 e. The van der Waals surface area contributed by atoms with Crippen LogP contribution in [0.5, 0.6) is 0 Å². The van der Waals surface area contributed by atoms with Crippen molar-refractivity contribution in [2.45, 2.75) is 19.4 Å². The smallest absolute Gasteiger partial charge is 0.226 e. The van der Waals surface area contributed by atoms with Crippen molar-refractivity contribution in [3.8, 4) is 0 Å². The fraction of sp³-hybridized carbons (Fsp3) is 0.231. The molecular weight excluding hydrogens is 282 g/mol. The Morgan fingerprint density at radius 1 is 1.58 bits per heavy atom. The van der Waals surface area contributed by atoms with E-state index in [4.69, 9.17) is 17.3 Å². The minimum absolute atomic E-state index is 0.0854. The molecule has 0 radical (unpaired) electrons. The second kappa shape index (κ2) is 6.04. The number of halogens is 1. The van der Waals surface area contributed by atoms with Gasteiger partial charge < -0.3 is 11.1 Å². The number of carbonyl (C=O) groups excluding carboxylic acids is 1. The van der Waals surface area contributed by atoms with Crippen LogP contribution in [0.1, 0.15) is 24.2 Å². The molecular formula is C13H14ClN3OS. The number of benzene rings is 1. The van der Waals surface area contributed by atoms with Crippen molar-refractivity contribution in [2.75, 3.05) is 5.73 Å². The molecule has 1 aromatic heterocycles. The first-order valence-corrected chi connectivity index (χ1v) is 7.05. The Kier molecular flexibility index (Phi) is 4.39. The predicted octanol–water partition coefficient (Wildman–Crippen LogP) is 2.80. The van der Waals surface area contributed by atoms with Gasteiger partial charge in [-0.1, -0.05) is 23.7 Å². The zero-order chi connectivity index (χ0) is 13.8. The van der Waals surface area contributed by atoms with Crippen molar-refractivity contribution in [3.05, 3.63) is 45.9 Å². The van der Waals surface area contributed by atoms with E-state index in [1.807, 2.05) is 25.1 Å². The van der Waals surface area contributed by atoms with Gasteiger partial charge in [0.05, 0.1) is 18.2 Å². The van der Waals surface area contributed by atoms with Crippen LogP contribution in [-0.4, -0.2) is 10.9 Å². The van der Waals surface area contributed by atoms with Gasteiger partial charge in [0.2, 0.25) is 5.91 Å². The Labute approximate surface area is 120 Å². The van der Waals surface area contributed by atoms with Crippen LogP contribution in [0.15, 0.2) is 29.6 Å². The van der Waals surface area contributed by atoms with E-state index >= 15 is 0 Å². The highest BCUT2D eigenvalue weighted by Crippen LogP contribution is 2.17. The highest BCUT2D eigenvalue weighted by atomic mass is 35.5. The van der Waals surface area contributed by atoms with Gasteiger partial charge in [0.25, 0.3) is 0 Å². The molecule has 0 saturated heterocycles. The predicted molar refractivity (Wildman–Crippen MR) is 78.2 cm³/mol. The summed E-state index contributed by atoms with van der Waals surface area (Å²) >= 11 is 7.26. The number of amides is 1. The molecule has 0 aliphatic carbocycles. The Hall–Kier alpha value is -1.59. The fourth-order valence-electron chi connectivity index (χ4n) is 1.72. The Morgan fingerprint density at radius 2 is 2.37 bits per heavy atom. The molecule has 100 valence electrons. The molecule has 0 unspecified atom stereocenters. The topological polar surface area (TPSA) is 68.0 Å². The van der Waals surface area contributed by atoms with Gasteiger partial charge >= 0.3 is 0 Å². The molecule has 1 atom stereocenters. The van der Waals surface area contributed by atoms with Crippen LogP contribution in [0.25, 0.3) is 0 Å². The Bertz CT molecular complexity index is 585. The summed E-state index contributed by atoms with van der Waals surface area (Å²) in [5.41, 5.74) is 7.19. The summed E-state index contributed by atoms with van der Waals surface area (Å²) < 4.78 is 0. The number of hydrogen-bond acceptors (Lipinski definition) is 4. The van der Waals surface area contributed by atoms with Crippen LogP contribution < -0.4 is 11.1 Å². The second-order valence-corrected chi connectivity index (χ2v) is 5.52. The third-order valence-corrected chi connectivity index (χ3v) is 3.60. The van der Waals surface area contributed by atoms with E-state index in [-0.39, 0.29) is 18.4 Å². The summed E-state index contributed by atoms with van der Waals surface area (Å²) in [6.45, 7) is 1.92. The molecule has 0 bridgehead atoms. The standard InChI is InChI=1S/C13H14ClN3OS/c1-8(9-3-2-4-10(14)5-9)16-12(18)6-11-7-19-13(15)17-11/h2-5,7-8H,6H2,1H3,(H2,15,17)(H,16,18)/t8-/m0/s1.